The Kier molecular flexibility index (Phi) is 5.65. The zero-order chi connectivity index (χ0) is 12.7. The van der Waals surface area contributed by atoms with Crippen LogP contribution < -0.4 is 5.32 Å². The molecule has 0 aliphatic rings. The molecule has 0 aliphatic carbocycles. The molecule has 1 amide bonds. The lowest BCUT2D eigenvalue weighted by Crippen LogP contribution is -2.27. The van der Waals surface area contributed by atoms with Crippen LogP contribution in [0.2, 0.25) is 0 Å². The second-order valence-corrected chi connectivity index (χ2v) is 4.49. The number of aliphatic carboxylic acids is 1. The SMILES string of the molecule is CCc1ccc(C(=O)NCCOCC(=O)O)s1. The van der Waals surface area contributed by atoms with Gasteiger partial charge in [0.15, 0.2) is 0 Å². The summed E-state index contributed by atoms with van der Waals surface area (Å²) >= 11 is 1.46. The van der Waals surface area contributed by atoms with E-state index in [1.807, 2.05) is 13.0 Å². The van der Waals surface area contributed by atoms with E-state index in [0.717, 1.165) is 11.3 Å². The standard InChI is InChI=1S/C11H15NO4S/c1-2-8-3-4-9(17-8)11(15)12-5-6-16-7-10(13)14/h3-4H,2,5-7H2,1H3,(H,12,15)(H,13,14). The molecule has 1 rings (SSSR count). The van der Waals surface area contributed by atoms with Gasteiger partial charge in [0.25, 0.3) is 5.91 Å². The zero-order valence-corrected chi connectivity index (χ0v) is 10.4. The number of hydrogen-bond donors (Lipinski definition) is 2. The maximum Gasteiger partial charge on any atom is 0.329 e. The summed E-state index contributed by atoms with van der Waals surface area (Å²) in [5.41, 5.74) is 0. The van der Waals surface area contributed by atoms with Gasteiger partial charge < -0.3 is 15.2 Å². The zero-order valence-electron chi connectivity index (χ0n) is 9.56. The van der Waals surface area contributed by atoms with Gasteiger partial charge >= 0.3 is 5.97 Å². The summed E-state index contributed by atoms with van der Waals surface area (Å²) in [7, 11) is 0. The van der Waals surface area contributed by atoms with Crippen LogP contribution in [0.15, 0.2) is 12.1 Å². The molecule has 17 heavy (non-hydrogen) atoms. The highest BCUT2D eigenvalue weighted by Crippen LogP contribution is 2.16. The first-order chi connectivity index (χ1) is 8.13. The predicted molar refractivity (Wildman–Crippen MR) is 64.5 cm³/mol. The van der Waals surface area contributed by atoms with Crippen LogP contribution in [0.3, 0.4) is 0 Å². The van der Waals surface area contributed by atoms with Crippen LogP contribution in [0.4, 0.5) is 0 Å². The summed E-state index contributed by atoms with van der Waals surface area (Å²) in [6.45, 7) is 2.21. The number of nitrogens with one attached hydrogen (secondary N) is 1. The van der Waals surface area contributed by atoms with E-state index in [-0.39, 0.29) is 19.1 Å². The Morgan fingerprint density at radius 2 is 2.24 bits per heavy atom. The molecule has 94 valence electrons. The number of amides is 1. The van der Waals surface area contributed by atoms with Crippen LogP contribution in [-0.2, 0) is 16.0 Å². The van der Waals surface area contributed by atoms with E-state index in [2.05, 4.69) is 5.32 Å². The lowest BCUT2D eigenvalue weighted by molar-refractivity contribution is -0.142. The number of thiophene rings is 1. The number of carbonyl (C=O) groups is 2. The maximum absolute atomic E-state index is 11.6. The van der Waals surface area contributed by atoms with Crippen molar-refractivity contribution < 1.29 is 19.4 Å². The first kappa shape index (κ1) is 13.7. The van der Waals surface area contributed by atoms with Gasteiger partial charge in [-0.2, -0.15) is 0 Å². The van der Waals surface area contributed by atoms with Gasteiger partial charge in [-0.05, 0) is 18.6 Å². The molecular weight excluding hydrogens is 242 g/mol. The minimum absolute atomic E-state index is 0.145. The van der Waals surface area contributed by atoms with E-state index in [1.165, 1.54) is 11.3 Å². The molecule has 0 atom stereocenters. The van der Waals surface area contributed by atoms with Gasteiger partial charge in [-0.1, -0.05) is 6.92 Å². The van der Waals surface area contributed by atoms with Crippen molar-refractivity contribution in [1.29, 1.82) is 0 Å². The van der Waals surface area contributed by atoms with Gasteiger partial charge in [-0.3, -0.25) is 4.79 Å². The molecule has 0 saturated heterocycles. The Morgan fingerprint density at radius 3 is 2.82 bits per heavy atom. The molecule has 0 aliphatic heterocycles. The number of aryl methyl sites for hydroxylation is 1. The summed E-state index contributed by atoms with van der Waals surface area (Å²) in [4.78, 5) is 23.6. The second kappa shape index (κ2) is 7.03. The average Bonchev–Trinajstić information content (AvgIpc) is 2.76. The molecule has 6 heteroatoms. The average molecular weight is 257 g/mol. The van der Waals surface area contributed by atoms with Crippen LogP contribution >= 0.6 is 11.3 Å². The summed E-state index contributed by atoms with van der Waals surface area (Å²) < 4.78 is 4.80. The third-order valence-electron chi connectivity index (χ3n) is 1.99. The summed E-state index contributed by atoms with van der Waals surface area (Å²) in [5, 5.41) is 11.0. The van der Waals surface area contributed by atoms with Gasteiger partial charge in [0, 0.05) is 11.4 Å². The van der Waals surface area contributed by atoms with Gasteiger partial charge in [0.2, 0.25) is 0 Å². The Morgan fingerprint density at radius 1 is 1.47 bits per heavy atom. The second-order valence-electron chi connectivity index (χ2n) is 3.32. The fourth-order valence-corrected chi connectivity index (χ4v) is 2.04. The molecule has 0 saturated carbocycles. The van der Waals surface area contributed by atoms with Crippen molar-refractivity contribution in [1.82, 2.24) is 5.32 Å². The van der Waals surface area contributed by atoms with Crippen LogP contribution in [0.1, 0.15) is 21.5 Å². The number of rotatable bonds is 7. The van der Waals surface area contributed by atoms with Crippen LogP contribution in [-0.4, -0.2) is 36.7 Å². The molecule has 0 radical (unpaired) electrons. The normalized spacial score (nSPS) is 10.2. The Balaban J connectivity index is 2.23. The summed E-state index contributed by atoms with van der Waals surface area (Å²) in [6.07, 6.45) is 0.916. The topological polar surface area (TPSA) is 75.6 Å². The minimum atomic E-state index is -1.01. The van der Waals surface area contributed by atoms with Gasteiger partial charge in [0.05, 0.1) is 11.5 Å². The van der Waals surface area contributed by atoms with E-state index < -0.39 is 5.97 Å². The number of ether oxygens (including phenoxy) is 1. The lowest BCUT2D eigenvalue weighted by atomic mass is 10.3. The fraction of sp³-hybridized carbons (Fsp3) is 0.455. The van der Waals surface area contributed by atoms with Gasteiger partial charge in [-0.25, -0.2) is 4.79 Å². The van der Waals surface area contributed by atoms with E-state index in [4.69, 9.17) is 9.84 Å². The third kappa shape index (κ3) is 4.97. The van der Waals surface area contributed by atoms with Crippen molar-refractivity contribution in [2.24, 2.45) is 0 Å². The largest absolute Gasteiger partial charge is 0.480 e. The summed E-state index contributed by atoms with van der Waals surface area (Å²) in [5.74, 6) is -1.16. The van der Waals surface area contributed by atoms with Crippen molar-refractivity contribution in [3.05, 3.63) is 21.9 Å². The lowest BCUT2D eigenvalue weighted by Gasteiger charge is -2.03. The highest BCUT2D eigenvalue weighted by molar-refractivity contribution is 7.14. The molecule has 0 fully saturated rings. The quantitative estimate of drug-likeness (QED) is 0.718. The minimum Gasteiger partial charge on any atom is -0.480 e. The number of carboxylic acids is 1. The monoisotopic (exact) mass is 257 g/mol. The third-order valence-corrected chi connectivity index (χ3v) is 3.22. The van der Waals surface area contributed by atoms with Crippen molar-refractivity contribution >= 4 is 23.2 Å². The van der Waals surface area contributed by atoms with E-state index >= 15 is 0 Å². The molecule has 0 unspecified atom stereocenters. The molecule has 0 aromatic carbocycles. The highest BCUT2D eigenvalue weighted by Gasteiger charge is 2.07. The highest BCUT2D eigenvalue weighted by atomic mass is 32.1. The Hall–Kier alpha value is -1.40. The van der Waals surface area contributed by atoms with Crippen LogP contribution in [0, 0.1) is 0 Å². The van der Waals surface area contributed by atoms with E-state index in [9.17, 15) is 9.59 Å². The number of carbonyl (C=O) groups excluding carboxylic acids is 1. The maximum atomic E-state index is 11.6. The molecule has 2 N–H and O–H groups in total. The molecule has 1 aromatic rings. The first-order valence-corrected chi connectivity index (χ1v) is 6.11. The number of hydrogen-bond acceptors (Lipinski definition) is 4. The molecule has 5 nitrogen and oxygen atoms in total. The Bertz CT molecular complexity index is 389. The Labute approximate surface area is 103 Å². The van der Waals surface area contributed by atoms with Crippen LogP contribution in [0.5, 0.6) is 0 Å². The molecule has 1 heterocycles. The predicted octanol–water partition coefficient (Wildman–Crippen LogP) is 1.14. The van der Waals surface area contributed by atoms with E-state index in [1.54, 1.807) is 6.07 Å². The first-order valence-electron chi connectivity index (χ1n) is 5.30. The molecule has 0 bridgehead atoms. The van der Waals surface area contributed by atoms with Crippen molar-refractivity contribution in [3.63, 3.8) is 0 Å². The summed E-state index contributed by atoms with van der Waals surface area (Å²) in [6, 6.07) is 3.72. The molecular formula is C11H15NO4S. The van der Waals surface area contributed by atoms with Crippen molar-refractivity contribution in [2.75, 3.05) is 19.8 Å². The number of carboxylic acid groups (broad SMARTS) is 1. The van der Waals surface area contributed by atoms with Crippen molar-refractivity contribution in [2.45, 2.75) is 13.3 Å². The van der Waals surface area contributed by atoms with Crippen LogP contribution in [0.25, 0.3) is 0 Å². The van der Waals surface area contributed by atoms with Gasteiger partial charge in [-0.15, -0.1) is 11.3 Å². The molecule has 1 aromatic heterocycles. The van der Waals surface area contributed by atoms with Crippen molar-refractivity contribution in [3.8, 4) is 0 Å². The smallest absolute Gasteiger partial charge is 0.329 e. The van der Waals surface area contributed by atoms with Gasteiger partial charge in [0.1, 0.15) is 6.61 Å². The fourth-order valence-electron chi connectivity index (χ4n) is 1.17. The van der Waals surface area contributed by atoms with E-state index in [0.29, 0.717) is 11.4 Å². The molecule has 0 spiro atoms.